The first kappa shape index (κ1) is 13.1. The Balaban J connectivity index is 2.45. The Morgan fingerprint density at radius 3 is 2.37 bits per heavy atom. The van der Waals surface area contributed by atoms with Crippen LogP contribution in [0.15, 0.2) is 48.5 Å². The molecule has 0 aliphatic rings. The SMILES string of the molecule is COc1cc(-c2ccccc2)ccc1C(O)C(=O)O. The van der Waals surface area contributed by atoms with Crippen LogP contribution in [0.25, 0.3) is 11.1 Å². The van der Waals surface area contributed by atoms with E-state index in [-0.39, 0.29) is 5.56 Å². The minimum Gasteiger partial charge on any atom is -0.496 e. The molecule has 2 rings (SSSR count). The van der Waals surface area contributed by atoms with Crippen molar-refractivity contribution in [3.8, 4) is 16.9 Å². The van der Waals surface area contributed by atoms with Crippen LogP contribution in [0.3, 0.4) is 0 Å². The molecule has 19 heavy (non-hydrogen) atoms. The predicted octanol–water partition coefficient (Wildman–Crippen LogP) is 2.48. The van der Waals surface area contributed by atoms with Gasteiger partial charge in [-0.1, -0.05) is 42.5 Å². The number of hydrogen-bond donors (Lipinski definition) is 2. The summed E-state index contributed by atoms with van der Waals surface area (Å²) in [6, 6.07) is 14.7. The first-order valence-corrected chi connectivity index (χ1v) is 5.77. The number of ether oxygens (including phenoxy) is 1. The van der Waals surface area contributed by atoms with E-state index in [1.54, 1.807) is 18.2 Å². The molecule has 0 fully saturated rings. The van der Waals surface area contributed by atoms with E-state index in [9.17, 15) is 9.90 Å². The standard InChI is InChI=1S/C15H14O4/c1-19-13-9-11(10-5-3-2-4-6-10)7-8-12(13)14(16)15(17)18/h2-9,14,16H,1H3,(H,17,18). The van der Waals surface area contributed by atoms with E-state index in [4.69, 9.17) is 9.84 Å². The summed E-state index contributed by atoms with van der Waals surface area (Å²) in [5.74, 6) is -0.943. The van der Waals surface area contributed by atoms with Gasteiger partial charge in [0, 0.05) is 5.56 Å². The summed E-state index contributed by atoms with van der Waals surface area (Å²) in [6.07, 6.45) is -1.58. The number of hydrogen-bond acceptors (Lipinski definition) is 3. The third kappa shape index (κ3) is 2.74. The van der Waals surface area contributed by atoms with E-state index in [1.165, 1.54) is 7.11 Å². The Labute approximate surface area is 110 Å². The van der Waals surface area contributed by atoms with Crippen molar-refractivity contribution in [2.75, 3.05) is 7.11 Å². The highest BCUT2D eigenvalue weighted by molar-refractivity contribution is 5.76. The van der Waals surface area contributed by atoms with Crippen LogP contribution in [-0.2, 0) is 4.79 Å². The Hall–Kier alpha value is -2.33. The lowest BCUT2D eigenvalue weighted by Gasteiger charge is -2.13. The van der Waals surface area contributed by atoms with E-state index < -0.39 is 12.1 Å². The van der Waals surface area contributed by atoms with Gasteiger partial charge >= 0.3 is 5.97 Å². The van der Waals surface area contributed by atoms with E-state index in [2.05, 4.69) is 0 Å². The fraction of sp³-hybridized carbons (Fsp3) is 0.133. The Morgan fingerprint density at radius 2 is 1.79 bits per heavy atom. The number of carbonyl (C=O) groups is 1. The lowest BCUT2D eigenvalue weighted by Crippen LogP contribution is -2.11. The second kappa shape index (κ2) is 5.54. The van der Waals surface area contributed by atoms with Crippen molar-refractivity contribution >= 4 is 5.97 Å². The lowest BCUT2D eigenvalue weighted by atomic mass is 10.0. The Bertz CT molecular complexity index is 578. The van der Waals surface area contributed by atoms with Crippen LogP contribution >= 0.6 is 0 Å². The molecule has 2 aromatic carbocycles. The van der Waals surface area contributed by atoms with Crippen molar-refractivity contribution in [1.29, 1.82) is 0 Å². The van der Waals surface area contributed by atoms with Crippen LogP contribution in [0.4, 0.5) is 0 Å². The first-order chi connectivity index (χ1) is 9.13. The lowest BCUT2D eigenvalue weighted by molar-refractivity contribution is -0.147. The normalized spacial score (nSPS) is 11.9. The average Bonchev–Trinajstić information content (AvgIpc) is 2.46. The van der Waals surface area contributed by atoms with Crippen LogP contribution < -0.4 is 4.74 Å². The van der Waals surface area contributed by atoms with Gasteiger partial charge in [-0.2, -0.15) is 0 Å². The highest BCUT2D eigenvalue weighted by Gasteiger charge is 2.20. The van der Waals surface area contributed by atoms with Gasteiger partial charge < -0.3 is 14.9 Å². The highest BCUT2D eigenvalue weighted by Crippen LogP contribution is 2.30. The van der Waals surface area contributed by atoms with Crippen LogP contribution in [-0.4, -0.2) is 23.3 Å². The molecule has 0 spiro atoms. The van der Waals surface area contributed by atoms with Gasteiger partial charge in [-0.05, 0) is 17.2 Å². The third-order valence-corrected chi connectivity index (χ3v) is 2.87. The van der Waals surface area contributed by atoms with Gasteiger partial charge in [0.1, 0.15) is 5.75 Å². The summed E-state index contributed by atoms with van der Waals surface area (Å²) >= 11 is 0. The number of aliphatic carboxylic acids is 1. The first-order valence-electron chi connectivity index (χ1n) is 5.77. The third-order valence-electron chi connectivity index (χ3n) is 2.87. The molecule has 98 valence electrons. The van der Waals surface area contributed by atoms with E-state index in [0.717, 1.165) is 11.1 Å². The fourth-order valence-electron chi connectivity index (χ4n) is 1.88. The molecule has 0 aliphatic heterocycles. The molecule has 0 bridgehead atoms. The van der Waals surface area contributed by atoms with Crippen molar-refractivity contribution in [2.45, 2.75) is 6.10 Å². The molecule has 1 unspecified atom stereocenters. The van der Waals surface area contributed by atoms with Gasteiger partial charge in [0.25, 0.3) is 0 Å². The molecule has 2 N–H and O–H groups in total. The van der Waals surface area contributed by atoms with Crippen molar-refractivity contribution in [2.24, 2.45) is 0 Å². The maximum atomic E-state index is 10.8. The van der Waals surface area contributed by atoms with E-state index in [1.807, 2.05) is 30.3 Å². The van der Waals surface area contributed by atoms with Crippen LogP contribution in [0.2, 0.25) is 0 Å². The molecule has 0 saturated heterocycles. The predicted molar refractivity (Wildman–Crippen MR) is 71.0 cm³/mol. The minimum absolute atomic E-state index is 0.245. The molecule has 2 aromatic rings. The molecule has 0 amide bonds. The summed E-state index contributed by atoms with van der Waals surface area (Å²) in [5, 5.41) is 18.4. The topological polar surface area (TPSA) is 66.8 Å². The van der Waals surface area contributed by atoms with Crippen LogP contribution in [0.1, 0.15) is 11.7 Å². The van der Waals surface area contributed by atoms with Gasteiger partial charge in [0.2, 0.25) is 0 Å². The molecular weight excluding hydrogens is 244 g/mol. The highest BCUT2D eigenvalue weighted by atomic mass is 16.5. The number of carboxylic acid groups (broad SMARTS) is 1. The second-order valence-corrected chi connectivity index (χ2v) is 4.06. The monoisotopic (exact) mass is 258 g/mol. The molecule has 0 aromatic heterocycles. The molecule has 0 heterocycles. The fourth-order valence-corrected chi connectivity index (χ4v) is 1.88. The Morgan fingerprint density at radius 1 is 1.11 bits per heavy atom. The van der Waals surface area contributed by atoms with Crippen LogP contribution in [0, 0.1) is 0 Å². The summed E-state index contributed by atoms with van der Waals surface area (Å²) in [4.78, 5) is 10.8. The van der Waals surface area contributed by atoms with Crippen molar-refractivity contribution in [3.05, 3.63) is 54.1 Å². The molecule has 4 heteroatoms. The molecule has 0 saturated carbocycles. The van der Waals surface area contributed by atoms with E-state index in [0.29, 0.717) is 5.75 Å². The summed E-state index contributed by atoms with van der Waals surface area (Å²) in [5.41, 5.74) is 2.14. The van der Waals surface area contributed by atoms with Gasteiger partial charge in [-0.15, -0.1) is 0 Å². The molecule has 4 nitrogen and oxygen atoms in total. The number of benzene rings is 2. The van der Waals surface area contributed by atoms with Gasteiger partial charge in [0.15, 0.2) is 6.10 Å². The zero-order valence-electron chi connectivity index (χ0n) is 10.4. The molecule has 1 atom stereocenters. The van der Waals surface area contributed by atoms with Gasteiger partial charge in [-0.3, -0.25) is 0 Å². The minimum atomic E-state index is -1.58. The summed E-state index contributed by atoms with van der Waals surface area (Å²) < 4.78 is 5.16. The zero-order valence-corrected chi connectivity index (χ0v) is 10.4. The second-order valence-electron chi connectivity index (χ2n) is 4.06. The molecular formula is C15H14O4. The van der Waals surface area contributed by atoms with Crippen molar-refractivity contribution in [3.63, 3.8) is 0 Å². The largest absolute Gasteiger partial charge is 0.496 e. The maximum absolute atomic E-state index is 10.8. The van der Waals surface area contributed by atoms with Crippen LogP contribution in [0.5, 0.6) is 5.75 Å². The van der Waals surface area contributed by atoms with E-state index >= 15 is 0 Å². The number of aliphatic hydroxyl groups excluding tert-OH is 1. The summed E-state index contributed by atoms with van der Waals surface area (Å²) in [7, 11) is 1.45. The average molecular weight is 258 g/mol. The zero-order chi connectivity index (χ0) is 13.8. The van der Waals surface area contributed by atoms with Gasteiger partial charge in [0.05, 0.1) is 7.11 Å². The van der Waals surface area contributed by atoms with Gasteiger partial charge in [-0.25, -0.2) is 4.79 Å². The number of aliphatic hydroxyl groups is 1. The number of methoxy groups -OCH3 is 1. The number of rotatable bonds is 4. The maximum Gasteiger partial charge on any atom is 0.337 e. The Kier molecular flexibility index (Phi) is 3.82. The quantitative estimate of drug-likeness (QED) is 0.884. The smallest absolute Gasteiger partial charge is 0.337 e. The van der Waals surface area contributed by atoms with Crippen molar-refractivity contribution < 1.29 is 19.7 Å². The van der Waals surface area contributed by atoms with Crippen molar-refractivity contribution in [1.82, 2.24) is 0 Å². The molecule has 0 radical (unpaired) electrons. The summed E-state index contributed by atoms with van der Waals surface area (Å²) in [6.45, 7) is 0. The number of carboxylic acids is 1. The molecule has 0 aliphatic carbocycles.